The Labute approximate surface area is 506 Å². The summed E-state index contributed by atoms with van der Waals surface area (Å²) in [5.74, 6) is -0.951. The molecular formula is C76H124O6. The minimum atomic E-state index is -0.807. The molecule has 0 fully saturated rings. The Hall–Kier alpha value is -4.71. The largest absolute Gasteiger partial charge is 0.462 e. The summed E-state index contributed by atoms with van der Waals surface area (Å²) in [7, 11) is 0. The van der Waals surface area contributed by atoms with Crippen LogP contribution in [0.1, 0.15) is 297 Å². The number of esters is 3. The lowest BCUT2D eigenvalue weighted by atomic mass is 10.0. The van der Waals surface area contributed by atoms with Crippen molar-refractivity contribution in [3.63, 3.8) is 0 Å². The van der Waals surface area contributed by atoms with Crippen molar-refractivity contribution in [3.05, 3.63) is 146 Å². The van der Waals surface area contributed by atoms with Crippen molar-refractivity contribution in [1.82, 2.24) is 0 Å². The Morgan fingerprint density at radius 2 is 0.476 bits per heavy atom. The van der Waals surface area contributed by atoms with E-state index in [2.05, 4.69) is 167 Å². The van der Waals surface area contributed by atoms with E-state index in [4.69, 9.17) is 14.2 Å². The minimum absolute atomic E-state index is 0.102. The molecule has 6 heteroatoms. The van der Waals surface area contributed by atoms with E-state index in [-0.39, 0.29) is 31.1 Å². The Morgan fingerprint density at radius 3 is 0.768 bits per heavy atom. The molecule has 1 atom stereocenters. The summed E-state index contributed by atoms with van der Waals surface area (Å²) in [5, 5.41) is 0. The monoisotopic (exact) mass is 1130 g/mol. The van der Waals surface area contributed by atoms with Crippen LogP contribution >= 0.6 is 0 Å². The normalized spacial score (nSPS) is 13.1. The molecule has 0 radical (unpaired) electrons. The fraction of sp³-hybridized carbons (Fsp3) is 0.645. The number of carbonyl (C=O) groups is 3. The molecule has 0 heterocycles. The van der Waals surface area contributed by atoms with E-state index in [1.807, 2.05) is 0 Å². The fourth-order valence-electron chi connectivity index (χ4n) is 9.10. The number of carbonyl (C=O) groups excluding carboxylic acids is 3. The SMILES string of the molecule is CC/C=C\C/C=C\C/C=C\C/C=C\C/C=C\C/C=C\C/C=C\C/C=C\CCCCCCCCC(=O)OCC(COC(=O)CCCC/C=C\C/C=C\C/C=C\C/C=C\CC)OC(=O)CCCCCCCCCCCCCCCCCCCC. The molecule has 0 aliphatic carbocycles. The lowest BCUT2D eigenvalue weighted by Gasteiger charge is -2.18. The summed E-state index contributed by atoms with van der Waals surface area (Å²) in [6, 6.07) is 0. The molecule has 464 valence electrons. The first-order valence-electron chi connectivity index (χ1n) is 33.8. The highest BCUT2D eigenvalue weighted by atomic mass is 16.6. The molecule has 0 spiro atoms. The first kappa shape index (κ1) is 77.3. The summed E-state index contributed by atoms with van der Waals surface area (Å²) >= 11 is 0. The number of ether oxygens (including phenoxy) is 3. The molecule has 0 aromatic carbocycles. The molecule has 0 aromatic rings. The predicted molar refractivity (Wildman–Crippen MR) is 357 cm³/mol. The molecule has 82 heavy (non-hydrogen) atoms. The summed E-state index contributed by atoms with van der Waals surface area (Å²) in [4.78, 5) is 38.4. The van der Waals surface area contributed by atoms with Crippen molar-refractivity contribution in [3.8, 4) is 0 Å². The average Bonchev–Trinajstić information content (AvgIpc) is 3.47. The van der Waals surface area contributed by atoms with E-state index in [1.165, 1.54) is 109 Å². The maximum atomic E-state index is 12.9. The number of rotatable bonds is 60. The zero-order valence-electron chi connectivity index (χ0n) is 53.2. The van der Waals surface area contributed by atoms with Gasteiger partial charge in [0.1, 0.15) is 13.2 Å². The van der Waals surface area contributed by atoms with E-state index in [1.54, 1.807) is 0 Å². The molecule has 0 aliphatic heterocycles. The van der Waals surface area contributed by atoms with Gasteiger partial charge < -0.3 is 14.2 Å². The fourth-order valence-corrected chi connectivity index (χ4v) is 9.10. The van der Waals surface area contributed by atoms with Crippen LogP contribution in [0.15, 0.2) is 146 Å². The summed E-state index contributed by atoms with van der Waals surface area (Å²) < 4.78 is 16.9. The van der Waals surface area contributed by atoms with Crippen molar-refractivity contribution in [2.75, 3.05) is 13.2 Å². The highest BCUT2D eigenvalue weighted by Gasteiger charge is 2.19. The Balaban J connectivity index is 4.39. The van der Waals surface area contributed by atoms with E-state index < -0.39 is 6.10 Å². The van der Waals surface area contributed by atoms with Crippen molar-refractivity contribution >= 4 is 17.9 Å². The third kappa shape index (κ3) is 66.1. The maximum absolute atomic E-state index is 12.9. The summed E-state index contributed by atoms with van der Waals surface area (Å²) in [6.07, 6.45) is 98.6. The van der Waals surface area contributed by atoms with Crippen molar-refractivity contribution < 1.29 is 28.6 Å². The maximum Gasteiger partial charge on any atom is 0.306 e. The third-order valence-electron chi connectivity index (χ3n) is 14.1. The van der Waals surface area contributed by atoms with E-state index >= 15 is 0 Å². The predicted octanol–water partition coefficient (Wildman–Crippen LogP) is 23.5. The molecule has 0 saturated heterocycles. The molecular weight excluding hydrogens is 1010 g/mol. The van der Waals surface area contributed by atoms with Gasteiger partial charge in [0.2, 0.25) is 0 Å². The lowest BCUT2D eigenvalue weighted by molar-refractivity contribution is -0.167. The van der Waals surface area contributed by atoms with Crippen LogP contribution in [0.2, 0.25) is 0 Å². The number of hydrogen-bond donors (Lipinski definition) is 0. The Kier molecular flexibility index (Phi) is 64.8. The topological polar surface area (TPSA) is 78.9 Å². The molecule has 0 aromatic heterocycles. The second kappa shape index (κ2) is 68.8. The molecule has 0 rings (SSSR count). The third-order valence-corrected chi connectivity index (χ3v) is 14.1. The van der Waals surface area contributed by atoms with Gasteiger partial charge in [-0.15, -0.1) is 0 Å². The van der Waals surface area contributed by atoms with Gasteiger partial charge in [0.25, 0.3) is 0 Å². The number of unbranched alkanes of at least 4 members (excludes halogenated alkanes) is 25. The molecule has 0 bridgehead atoms. The smallest absolute Gasteiger partial charge is 0.306 e. The highest BCUT2D eigenvalue weighted by Crippen LogP contribution is 2.16. The van der Waals surface area contributed by atoms with E-state index in [0.717, 1.165) is 148 Å². The Bertz CT molecular complexity index is 1780. The van der Waals surface area contributed by atoms with Gasteiger partial charge >= 0.3 is 17.9 Å². The van der Waals surface area contributed by atoms with Crippen LogP contribution in [0, 0.1) is 0 Å². The molecule has 1 unspecified atom stereocenters. The van der Waals surface area contributed by atoms with E-state index in [9.17, 15) is 14.4 Å². The van der Waals surface area contributed by atoms with Crippen LogP contribution in [0.3, 0.4) is 0 Å². The summed E-state index contributed by atoms with van der Waals surface area (Å²) in [6.45, 7) is 6.38. The summed E-state index contributed by atoms with van der Waals surface area (Å²) in [5.41, 5.74) is 0. The van der Waals surface area contributed by atoms with Gasteiger partial charge in [0, 0.05) is 19.3 Å². The second-order valence-electron chi connectivity index (χ2n) is 22.0. The molecule has 0 aliphatic rings. The van der Waals surface area contributed by atoms with Crippen molar-refractivity contribution in [2.24, 2.45) is 0 Å². The number of allylic oxidation sites excluding steroid dienone is 24. The van der Waals surface area contributed by atoms with Crippen LogP contribution < -0.4 is 0 Å². The van der Waals surface area contributed by atoms with Crippen molar-refractivity contribution in [1.29, 1.82) is 0 Å². The van der Waals surface area contributed by atoms with Crippen LogP contribution in [-0.4, -0.2) is 37.2 Å². The van der Waals surface area contributed by atoms with Gasteiger partial charge in [0.15, 0.2) is 6.10 Å². The van der Waals surface area contributed by atoms with Gasteiger partial charge in [-0.1, -0.05) is 301 Å². The van der Waals surface area contributed by atoms with E-state index in [0.29, 0.717) is 19.3 Å². The molecule has 6 nitrogen and oxygen atoms in total. The minimum Gasteiger partial charge on any atom is -0.462 e. The highest BCUT2D eigenvalue weighted by molar-refractivity contribution is 5.71. The first-order valence-corrected chi connectivity index (χ1v) is 33.8. The van der Waals surface area contributed by atoms with Gasteiger partial charge in [-0.2, -0.15) is 0 Å². The van der Waals surface area contributed by atoms with Crippen LogP contribution in [0.4, 0.5) is 0 Å². The molecule has 0 saturated carbocycles. The van der Waals surface area contributed by atoms with Crippen LogP contribution in [0.5, 0.6) is 0 Å². The average molecular weight is 1130 g/mol. The van der Waals surface area contributed by atoms with Crippen LogP contribution in [0.25, 0.3) is 0 Å². The van der Waals surface area contributed by atoms with Crippen molar-refractivity contribution in [2.45, 2.75) is 303 Å². The first-order chi connectivity index (χ1) is 40.5. The quantitative estimate of drug-likeness (QED) is 0.0261. The number of hydrogen-bond acceptors (Lipinski definition) is 6. The van der Waals surface area contributed by atoms with Gasteiger partial charge in [-0.25, -0.2) is 0 Å². The van der Waals surface area contributed by atoms with Gasteiger partial charge in [0.05, 0.1) is 0 Å². The zero-order valence-corrected chi connectivity index (χ0v) is 53.2. The zero-order chi connectivity index (χ0) is 59.2. The molecule has 0 N–H and O–H groups in total. The standard InChI is InChI=1S/C76H124O6/c1-4-7-10-13-16-19-22-25-28-30-32-33-34-35-36-37-38-39-40-41-42-43-44-46-48-51-54-57-60-63-66-69-75(78)81-72-73(71-80-74(77)68-65-62-59-56-53-50-47-27-24-21-18-15-12-9-6-3)82-76(79)70-67-64-61-58-55-52-49-45-31-29-26-23-20-17-14-11-8-5-2/h7,9-10,12,16,18-19,21,25,27-28,32-33,35-36,38-39,41-42,44,46-47,53,56,73H,4-6,8,11,13-15,17,20,22-24,26,29-31,34,37,40,43,45,48-52,54-55,57-72H2,1-3H3/b10-7-,12-9-,19-16-,21-18-,28-25-,33-32-,36-35-,39-38-,42-41-,46-44-,47-27-,56-53-. The van der Waals surface area contributed by atoms with Gasteiger partial charge in [-0.3, -0.25) is 14.4 Å². The lowest BCUT2D eigenvalue weighted by Crippen LogP contribution is -2.30. The van der Waals surface area contributed by atoms with Crippen LogP contribution in [-0.2, 0) is 28.6 Å². The molecule has 0 amide bonds. The Morgan fingerprint density at radius 1 is 0.256 bits per heavy atom. The second-order valence-corrected chi connectivity index (χ2v) is 22.0. The van der Waals surface area contributed by atoms with Gasteiger partial charge in [-0.05, 0) is 122 Å².